The fourth-order valence-corrected chi connectivity index (χ4v) is 3.49. The van der Waals surface area contributed by atoms with E-state index in [-0.39, 0.29) is 23.9 Å². The first-order chi connectivity index (χ1) is 13.5. The third-order valence-electron chi connectivity index (χ3n) is 4.05. The molecule has 152 valence electrons. The van der Waals surface area contributed by atoms with Crippen molar-refractivity contribution in [3.8, 4) is 28.6 Å². The van der Waals surface area contributed by atoms with Gasteiger partial charge in [0.2, 0.25) is 6.79 Å². The van der Waals surface area contributed by atoms with Crippen LogP contribution >= 0.6 is 0 Å². The van der Waals surface area contributed by atoms with Crippen LogP contribution in [0.2, 0.25) is 0 Å². The minimum absolute atomic E-state index is 0.0303. The minimum Gasteiger partial charge on any atom is -0.454 e. The fourth-order valence-electron chi connectivity index (χ4n) is 2.76. The maximum atomic E-state index is 14.3. The van der Waals surface area contributed by atoms with Crippen molar-refractivity contribution in [2.45, 2.75) is 11.1 Å². The SMILES string of the molecule is CS(=O)(=O)c1ccc(-n2nc(C(F)(F)F)nc2-c2ccc3c(c2)OCO3)cc1F. The predicted octanol–water partition coefficient (Wildman–Crippen LogP) is 3.22. The van der Waals surface area contributed by atoms with Gasteiger partial charge in [0.15, 0.2) is 27.2 Å². The summed E-state index contributed by atoms with van der Waals surface area (Å²) in [5.41, 5.74) is 0.0791. The predicted molar refractivity (Wildman–Crippen MR) is 91.0 cm³/mol. The number of fused-ring (bicyclic) bond motifs is 1. The Hall–Kier alpha value is -3.15. The molecule has 0 saturated carbocycles. The smallest absolute Gasteiger partial charge is 0.453 e. The first kappa shape index (κ1) is 19.2. The number of halogens is 4. The van der Waals surface area contributed by atoms with Gasteiger partial charge in [0.05, 0.1) is 5.69 Å². The van der Waals surface area contributed by atoms with E-state index in [1.165, 1.54) is 18.2 Å². The van der Waals surface area contributed by atoms with Gasteiger partial charge in [0.25, 0.3) is 5.82 Å². The zero-order valence-corrected chi connectivity index (χ0v) is 15.4. The van der Waals surface area contributed by atoms with Crippen LogP contribution in [-0.4, -0.2) is 36.2 Å². The quantitative estimate of drug-likeness (QED) is 0.595. The Labute approximate surface area is 161 Å². The molecule has 2 heterocycles. The highest BCUT2D eigenvalue weighted by atomic mass is 32.2. The van der Waals surface area contributed by atoms with Gasteiger partial charge in [0, 0.05) is 17.9 Å². The second kappa shape index (κ2) is 6.44. The molecule has 7 nitrogen and oxygen atoms in total. The molecule has 4 rings (SSSR count). The summed E-state index contributed by atoms with van der Waals surface area (Å²) in [7, 11) is -3.85. The third kappa shape index (κ3) is 3.50. The average Bonchev–Trinajstić information content (AvgIpc) is 3.26. The Balaban J connectivity index is 1.89. The van der Waals surface area contributed by atoms with Gasteiger partial charge < -0.3 is 9.47 Å². The molecule has 0 fully saturated rings. The molecular formula is C17H11F4N3O4S. The van der Waals surface area contributed by atoms with E-state index in [9.17, 15) is 26.0 Å². The number of alkyl halides is 3. The Bertz CT molecular complexity index is 1220. The van der Waals surface area contributed by atoms with E-state index in [4.69, 9.17) is 9.47 Å². The molecule has 0 amide bonds. The van der Waals surface area contributed by atoms with Crippen LogP contribution in [0.3, 0.4) is 0 Å². The van der Waals surface area contributed by atoms with Gasteiger partial charge in [-0.25, -0.2) is 22.5 Å². The molecule has 3 aromatic rings. The molecule has 0 N–H and O–H groups in total. The van der Waals surface area contributed by atoms with Crippen LogP contribution in [0.5, 0.6) is 11.5 Å². The van der Waals surface area contributed by atoms with Crippen LogP contribution < -0.4 is 9.47 Å². The van der Waals surface area contributed by atoms with Crippen molar-refractivity contribution in [1.82, 2.24) is 14.8 Å². The highest BCUT2D eigenvalue weighted by Gasteiger charge is 2.37. The number of sulfone groups is 1. The van der Waals surface area contributed by atoms with Crippen molar-refractivity contribution in [1.29, 1.82) is 0 Å². The molecule has 0 radical (unpaired) electrons. The second-order valence-corrected chi connectivity index (χ2v) is 8.11. The number of nitrogens with zero attached hydrogens (tertiary/aromatic N) is 3. The van der Waals surface area contributed by atoms with Crippen LogP contribution in [0.15, 0.2) is 41.3 Å². The van der Waals surface area contributed by atoms with E-state index in [1.54, 1.807) is 0 Å². The van der Waals surface area contributed by atoms with Crippen molar-refractivity contribution >= 4 is 9.84 Å². The summed E-state index contributed by atoms with van der Waals surface area (Å²) in [4.78, 5) is 2.96. The average molecular weight is 429 g/mol. The standard InChI is InChI=1S/C17H11F4N3O4S/c1-29(25,26)14-5-3-10(7-11(14)18)24-15(22-16(23-24)17(19,20)21)9-2-4-12-13(6-9)28-8-27-12/h2-7H,8H2,1H3. The van der Waals surface area contributed by atoms with Gasteiger partial charge in [-0.05, 0) is 30.3 Å². The molecule has 0 atom stereocenters. The van der Waals surface area contributed by atoms with Gasteiger partial charge in [0.1, 0.15) is 10.7 Å². The zero-order chi connectivity index (χ0) is 21.0. The lowest BCUT2D eigenvalue weighted by atomic mass is 10.2. The molecule has 29 heavy (non-hydrogen) atoms. The molecule has 0 bridgehead atoms. The van der Waals surface area contributed by atoms with Crippen LogP contribution in [0.25, 0.3) is 17.1 Å². The van der Waals surface area contributed by atoms with E-state index in [0.29, 0.717) is 11.5 Å². The van der Waals surface area contributed by atoms with Crippen LogP contribution in [-0.2, 0) is 16.0 Å². The Morgan fingerprint density at radius 2 is 1.79 bits per heavy atom. The molecule has 0 spiro atoms. The number of hydrogen-bond acceptors (Lipinski definition) is 6. The lowest BCUT2D eigenvalue weighted by Crippen LogP contribution is -2.09. The first-order valence-electron chi connectivity index (χ1n) is 7.98. The van der Waals surface area contributed by atoms with Gasteiger partial charge >= 0.3 is 6.18 Å². The molecule has 1 aliphatic heterocycles. The van der Waals surface area contributed by atoms with Crippen LogP contribution in [0, 0.1) is 5.82 Å². The third-order valence-corrected chi connectivity index (χ3v) is 5.18. The Morgan fingerprint density at radius 3 is 2.45 bits per heavy atom. The molecule has 0 unspecified atom stereocenters. The number of ether oxygens (including phenoxy) is 2. The lowest BCUT2D eigenvalue weighted by Gasteiger charge is -2.08. The first-order valence-corrected chi connectivity index (χ1v) is 9.87. The van der Waals surface area contributed by atoms with Crippen molar-refractivity contribution in [3.05, 3.63) is 48.0 Å². The van der Waals surface area contributed by atoms with Gasteiger partial charge in [-0.2, -0.15) is 13.2 Å². The Kier molecular flexibility index (Phi) is 4.26. The summed E-state index contributed by atoms with van der Waals surface area (Å²) < 4.78 is 88.2. The highest BCUT2D eigenvalue weighted by molar-refractivity contribution is 7.90. The molecule has 2 aromatic carbocycles. The normalized spacial score (nSPS) is 13.7. The fraction of sp³-hybridized carbons (Fsp3) is 0.176. The van der Waals surface area contributed by atoms with Gasteiger partial charge in [-0.1, -0.05) is 0 Å². The zero-order valence-electron chi connectivity index (χ0n) is 14.6. The van der Waals surface area contributed by atoms with Gasteiger partial charge in [-0.3, -0.25) is 0 Å². The monoisotopic (exact) mass is 429 g/mol. The van der Waals surface area contributed by atoms with E-state index in [2.05, 4.69) is 10.1 Å². The van der Waals surface area contributed by atoms with E-state index in [1.807, 2.05) is 0 Å². The van der Waals surface area contributed by atoms with Crippen LogP contribution in [0.4, 0.5) is 17.6 Å². The van der Waals surface area contributed by atoms with E-state index < -0.39 is 32.6 Å². The van der Waals surface area contributed by atoms with Crippen molar-refractivity contribution in [2.24, 2.45) is 0 Å². The minimum atomic E-state index is -4.85. The number of benzene rings is 2. The van der Waals surface area contributed by atoms with Gasteiger partial charge in [-0.15, -0.1) is 5.10 Å². The largest absolute Gasteiger partial charge is 0.454 e. The number of rotatable bonds is 3. The van der Waals surface area contributed by atoms with Crippen molar-refractivity contribution in [2.75, 3.05) is 13.0 Å². The summed E-state index contributed by atoms with van der Waals surface area (Å²) in [6.45, 7) is -0.0303. The summed E-state index contributed by atoms with van der Waals surface area (Å²) >= 11 is 0. The number of hydrogen-bond donors (Lipinski definition) is 0. The summed E-state index contributed by atoms with van der Waals surface area (Å²) in [5.74, 6) is -2.06. The summed E-state index contributed by atoms with van der Waals surface area (Å²) in [6, 6.07) is 7.25. The highest BCUT2D eigenvalue weighted by Crippen LogP contribution is 2.37. The molecule has 1 aliphatic rings. The van der Waals surface area contributed by atoms with Crippen molar-refractivity contribution < 1.29 is 35.5 Å². The number of aromatic nitrogens is 3. The second-order valence-electron chi connectivity index (χ2n) is 6.12. The van der Waals surface area contributed by atoms with Crippen molar-refractivity contribution in [3.63, 3.8) is 0 Å². The molecular weight excluding hydrogens is 418 g/mol. The maximum Gasteiger partial charge on any atom is 0.453 e. The molecule has 0 saturated heterocycles. The summed E-state index contributed by atoms with van der Waals surface area (Å²) in [6.07, 6.45) is -4.03. The van der Waals surface area contributed by atoms with E-state index >= 15 is 0 Å². The molecule has 1 aromatic heterocycles. The lowest BCUT2D eigenvalue weighted by molar-refractivity contribution is -0.144. The maximum absolute atomic E-state index is 14.3. The summed E-state index contributed by atoms with van der Waals surface area (Å²) in [5, 5.41) is 3.45. The topological polar surface area (TPSA) is 83.3 Å². The van der Waals surface area contributed by atoms with E-state index in [0.717, 1.165) is 29.1 Å². The van der Waals surface area contributed by atoms with Crippen LogP contribution in [0.1, 0.15) is 5.82 Å². The molecule has 0 aliphatic carbocycles. The molecule has 12 heteroatoms. The Morgan fingerprint density at radius 1 is 1.07 bits per heavy atom.